The predicted molar refractivity (Wildman–Crippen MR) is 90.0 cm³/mol. The van der Waals surface area contributed by atoms with Crippen LogP contribution in [0.1, 0.15) is 9.75 Å². The molecular formula is C15H21N3O3S. The number of hydrogen-bond donors (Lipinski definition) is 3. The summed E-state index contributed by atoms with van der Waals surface area (Å²) in [5.74, 6) is 0. The molecule has 120 valence electrons. The van der Waals surface area contributed by atoms with E-state index in [-0.39, 0.29) is 6.03 Å². The highest BCUT2D eigenvalue weighted by atomic mass is 32.1. The molecule has 0 aliphatic heterocycles. The van der Waals surface area contributed by atoms with Gasteiger partial charge in [-0.3, -0.25) is 0 Å². The number of hydrogen-bond acceptors (Lipinski definition) is 5. The van der Waals surface area contributed by atoms with Crippen molar-refractivity contribution in [3.63, 3.8) is 0 Å². The molecule has 4 N–H and O–H groups in total. The van der Waals surface area contributed by atoms with Gasteiger partial charge < -0.3 is 16.4 Å². The first-order chi connectivity index (χ1) is 10.7. The number of anilines is 2. The number of nitrogens with two attached hydrogens (primary N) is 1. The lowest BCUT2D eigenvalue weighted by molar-refractivity contribution is -0.281. The highest BCUT2D eigenvalue weighted by molar-refractivity contribution is 7.12. The zero-order valence-corrected chi connectivity index (χ0v) is 13.7. The van der Waals surface area contributed by atoms with Crippen LogP contribution in [-0.4, -0.2) is 20.2 Å². The van der Waals surface area contributed by atoms with Crippen molar-refractivity contribution in [2.45, 2.75) is 13.5 Å². The van der Waals surface area contributed by atoms with E-state index in [0.29, 0.717) is 6.61 Å². The van der Waals surface area contributed by atoms with Crippen molar-refractivity contribution < 1.29 is 14.6 Å². The number of thiophene rings is 1. The molecule has 0 radical (unpaired) electrons. The largest absolute Gasteiger partial charge is 0.333 e. The number of para-hydroxylation sites is 1. The molecule has 22 heavy (non-hydrogen) atoms. The monoisotopic (exact) mass is 323 g/mol. The van der Waals surface area contributed by atoms with Gasteiger partial charge in [0.1, 0.15) is 6.61 Å². The molecular weight excluding hydrogens is 302 g/mol. The van der Waals surface area contributed by atoms with E-state index in [1.54, 1.807) is 11.3 Å². The van der Waals surface area contributed by atoms with E-state index >= 15 is 0 Å². The summed E-state index contributed by atoms with van der Waals surface area (Å²) < 4.78 is 0. The number of amides is 2. The van der Waals surface area contributed by atoms with Crippen molar-refractivity contribution in [2.75, 3.05) is 24.8 Å². The van der Waals surface area contributed by atoms with Gasteiger partial charge in [-0.2, -0.15) is 0 Å². The predicted octanol–water partition coefficient (Wildman–Crippen LogP) is 3.35. The average molecular weight is 323 g/mol. The van der Waals surface area contributed by atoms with Crippen LogP contribution in [0.15, 0.2) is 36.4 Å². The maximum atomic E-state index is 11.9. The summed E-state index contributed by atoms with van der Waals surface area (Å²) >= 11 is 1.56. The smallest absolute Gasteiger partial charge is 0.323 e. The van der Waals surface area contributed by atoms with Gasteiger partial charge in [-0.25, -0.2) is 14.6 Å². The third kappa shape index (κ3) is 5.82. The van der Waals surface area contributed by atoms with E-state index in [9.17, 15) is 4.79 Å². The number of urea groups is 1. The van der Waals surface area contributed by atoms with Crippen LogP contribution in [0.25, 0.3) is 0 Å². The third-order valence-corrected chi connectivity index (χ3v) is 3.54. The van der Waals surface area contributed by atoms with Gasteiger partial charge in [0.2, 0.25) is 0 Å². The molecule has 6 nitrogen and oxygen atoms in total. The minimum absolute atomic E-state index is 0.285. The van der Waals surface area contributed by atoms with Gasteiger partial charge in [-0.05, 0) is 32.2 Å². The first-order valence-corrected chi connectivity index (χ1v) is 7.46. The molecule has 1 aromatic heterocycles. The first kappa shape index (κ1) is 18.1. The van der Waals surface area contributed by atoms with E-state index < -0.39 is 0 Å². The van der Waals surface area contributed by atoms with E-state index in [4.69, 9.17) is 4.89 Å². The van der Waals surface area contributed by atoms with Crippen LogP contribution in [0.4, 0.5) is 16.2 Å². The maximum Gasteiger partial charge on any atom is 0.323 e. The zero-order chi connectivity index (χ0) is 16.4. The fraction of sp³-hybridized carbons (Fsp3) is 0.267. The van der Waals surface area contributed by atoms with E-state index in [0.717, 1.165) is 21.1 Å². The Morgan fingerprint density at radius 3 is 2.55 bits per heavy atom. The molecule has 0 unspecified atom stereocenters. The molecule has 2 rings (SSSR count). The molecule has 0 aliphatic rings. The molecule has 2 aromatic rings. The Morgan fingerprint density at radius 2 is 1.91 bits per heavy atom. The summed E-state index contributed by atoms with van der Waals surface area (Å²) in [4.78, 5) is 23.4. The van der Waals surface area contributed by atoms with Crippen LogP contribution in [0.3, 0.4) is 0 Å². The molecule has 0 fully saturated rings. The summed E-state index contributed by atoms with van der Waals surface area (Å²) in [7, 11) is 2.95. The van der Waals surface area contributed by atoms with Gasteiger partial charge in [-0.1, -0.05) is 18.2 Å². The Hall–Kier alpha value is -1.93. The molecule has 0 atom stereocenters. The number of benzene rings is 1. The van der Waals surface area contributed by atoms with Gasteiger partial charge in [-0.15, -0.1) is 11.3 Å². The Kier molecular flexibility index (Phi) is 8.16. The molecule has 1 heterocycles. The molecule has 0 bridgehead atoms. The Balaban J connectivity index is 0.00000116. The number of nitrogens with one attached hydrogen (secondary N) is 2. The molecule has 7 heteroatoms. The SMILES string of the molecule is CN.COOCc1sc(C)cc1NC(=O)Nc1ccccc1. The number of carbonyl (C=O) groups is 1. The first-order valence-electron chi connectivity index (χ1n) is 6.64. The highest BCUT2D eigenvalue weighted by Gasteiger charge is 2.11. The minimum Gasteiger partial charge on any atom is -0.333 e. The summed E-state index contributed by atoms with van der Waals surface area (Å²) in [6.07, 6.45) is 0. The van der Waals surface area contributed by atoms with Gasteiger partial charge in [0.05, 0.1) is 17.7 Å². The van der Waals surface area contributed by atoms with Crippen molar-refractivity contribution in [1.29, 1.82) is 0 Å². The Bertz CT molecular complexity index is 573. The molecule has 2 amide bonds. The number of rotatable bonds is 5. The Labute approximate surface area is 134 Å². The molecule has 1 aromatic carbocycles. The van der Waals surface area contributed by atoms with Crippen LogP contribution < -0.4 is 16.4 Å². The van der Waals surface area contributed by atoms with Crippen LogP contribution >= 0.6 is 11.3 Å². The highest BCUT2D eigenvalue weighted by Crippen LogP contribution is 2.27. The third-order valence-electron chi connectivity index (χ3n) is 2.52. The minimum atomic E-state index is -0.285. The normalized spacial score (nSPS) is 9.64. The van der Waals surface area contributed by atoms with Crippen molar-refractivity contribution in [1.82, 2.24) is 0 Å². The molecule has 0 saturated heterocycles. The van der Waals surface area contributed by atoms with Crippen LogP contribution in [-0.2, 0) is 16.4 Å². The standard InChI is InChI=1S/C14H16N2O3S.CH5N/c1-10-8-12(13(20-10)9-19-18-2)16-14(17)15-11-6-4-3-5-7-11;1-2/h3-8H,9H2,1-2H3,(H2,15,16,17);2H2,1H3. The van der Waals surface area contributed by atoms with Gasteiger partial charge in [0.25, 0.3) is 0 Å². The van der Waals surface area contributed by atoms with Crippen LogP contribution in [0.2, 0.25) is 0 Å². The number of carbonyl (C=O) groups excluding carboxylic acids is 1. The summed E-state index contributed by atoms with van der Waals surface area (Å²) in [6, 6.07) is 10.9. The van der Waals surface area contributed by atoms with Crippen molar-refractivity contribution in [2.24, 2.45) is 5.73 Å². The van der Waals surface area contributed by atoms with Crippen molar-refractivity contribution >= 4 is 28.7 Å². The fourth-order valence-corrected chi connectivity index (χ4v) is 2.59. The van der Waals surface area contributed by atoms with E-state index in [1.807, 2.05) is 43.3 Å². The lowest BCUT2D eigenvalue weighted by Gasteiger charge is -2.08. The van der Waals surface area contributed by atoms with E-state index in [1.165, 1.54) is 14.2 Å². The van der Waals surface area contributed by atoms with Crippen molar-refractivity contribution in [3.05, 3.63) is 46.2 Å². The summed E-state index contributed by atoms with van der Waals surface area (Å²) in [6.45, 7) is 2.28. The van der Waals surface area contributed by atoms with Gasteiger partial charge >= 0.3 is 6.03 Å². The summed E-state index contributed by atoms with van der Waals surface area (Å²) in [5, 5.41) is 5.58. The average Bonchev–Trinajstić information content (AvgIpc) is 2.87. The van der Waals surface area contributed by atoms with Crippen molar-refractivity contribution in [3.8, 4) is 0 Å². The van der Waals surface area contributed by atoms with Crippen LogP contribution in [0, 0.1) is 6.92 Å². The molecule has 0 saturated carbocycles. The zero-order valence-electron chi connectivity index (χ0n) is 12.9. The Morgan fingerprint density at radius 1 is 1.23 bits per heavy atom. The second-order valence-electron chi connectivity index (χ2n) is 4.07. The molecule has 0 aliphatic carbocycles. The fourth-order valence-electron chi connectivity index (χ4n) is 1.69. The second-order valence-corrected chi connectivity index (χ2v) is 5.41. The topological polar surface area (TPSA) is 85.6 Å². The molecule has 0 spiro atoms. The van der Waals surface area contributed by atoms with Crippen LogP contribution in [0.5, 0.6) is 0 Å². The quantitative estimate of drug-likeness (QED) is 0.582. The maximum absolute atomic E-state index is 11.9. The van der Waals surface area contributed by atoms with Gasteiger partial charge in [0, 0.05) is 10.6 Å². The van der Waals surface area contributed by atoms with Gasteiger partial charge in [0.15, 0.2) is 0 Å². The second kappa shape index (κ2) is 9.91. The number of aryl methyl sites for hydroxylation is 1. The lowest BCUT2D eigenvalue weighted by Crippen LogP contribution is -2.19. The summed E-state index contributed by atoms with van der Waals surface area (Å²) in [5.41, 5.74) is 5.98. The lowest BCUT2D eigenvalue weighted by atomic mass is 10.3. The van der Waals surface area contributed by atoms with E-state index in [2.05, 4.69) is 21.3 Å².